The zero-order chi connectivity index (χ0) is 14.8. The lowest BCUT2D eigenvalue weighted by Crippen LogP contribution is -2.37. The van der Waals surface area contributed by atoms with E-state index in [0.717, 1.165) is 12.2 Å². The first-order valence-corrected chi connectivity index (χ1v) is 7.94. The van der Waals surface area contributed by atoms with Crippen molar-refractivity contribution in [2.24, 2.45) is 0 Å². The minimum Gasteiger partial charge on any atom is -0.355 e. The van der Waals surface area contributed by atoms with Gasteiger partial charge in [0.1, 0.15) is 0 Å². The van der Waals surface area contributed by atoms with Crippen molar-refractivity contribution in [3.63, 3.8) is 0 Å². The predicted molar refractivity (Wildman–Crippen MR) is 83.7 cm³/mol. The molecule has 2 amide bonds. The van der Waals surface area contributed by atoms with Crippen LogP contribution in [0, 0.1) is 6.92 Å². The summed E-state index contributed by atoms with van der Waals surface area (Å²) in [6.07, 6.45) is 0.895. The summed E-state index contributed by atoms with van der Waals surface area (Å²) >= 11 is 1.55. The minimum absolute atomic E-state index is 0.0594. The maximum absolute atomic E-state index is 11.6. The molecule has 4 nitrogen and oxygen atoms in total. The molecule has 20 heavy (non-hydrogen) atoms. The Hall–Kier alpha value is -1.49. The number of carbonyl (C=O) groups excluding carboxylic acids is 2. The highest BCUT2D eigenvalue weighted by Crippen LogP contribution is 2.12. The van der Waals surface area contributed by atoms with Gasteiger partial charge in [-0.3, -0.25) is 9.59 Å². The van der Waals surface area contributed by atoms with Gasteiger partial charge < -0.3 is 10.6 Å². The maximum Gasteiger partial charge on any atom is 0.239 e. The Kier molecular flexibility index (Phi) is 7.80. The molecule has 0 spiro atoms. The SMILES string of the molecule is CCCNC(=O)CNC(=O)CSCc1cccc(C)c1. The molecule has 0 aromatic heterocycles. The molecule has 0 fully saturated rings. The van der Waals surface area contributed by atoms with Crippen molar-refractivity contribution in [2.75, 3.05) is 18.8 Å². The van der Waals surface area contributed by atoms with Gasteiger partial charge in [-0.15, -0.1) is 11.8 Å². The fraction of sp³-hybridized carbons (Fsp3) is 0.467. The van der Waals surface area contributed by atoms with Crippen LogP contribution in [-0.4, -0.2) is 30.7 Å². The Morgan fingerprint density at radius 2 is 2.00 bits per heavy atom. The molecule has 1 rings (SSSR count). The molecule has 110 valence electrons. The molecule has 0 radical (unpaired) electrons. The van der Waals surface area contributed by atoms with Gasteiger partial charge in [0, 0.05) is 12.3 Å². The van der Waals surface area contributed by atoms with Crippen molar-refractivity contribution in [1.29, 1.82) is 0 Å². The van der Waals surface area contributed by atoms with Crippen LogP contribution in [0.25, 0.3) is 0 Å². The lowest BCUT2D eigenvalue weighted by atomic mass is 10.2. The van der Waals surface area contributed by atoms with Crippen molar-refractivity contribution in [3.05, 3.63) is 35.4 Å². The van der Waals surface area contributed by atoms with Crippen LogP contribution in [0.1, 0.15) is 24.5 Å². The normalized spacial score (nSPS) is 10.1. The Bertz CT molecular complexity index is 449. The smallest absolute Gasteiger partial charge is 0.239 e. The highest BCUT2D eigenvalue weighted by atomic mass is 32.2. The summed E-state index contributed by atoms with van der Waals surface area (Å²) < 4.78 is 0. The highest BCUT2D eigenvalue weighted by molar-refractivity contribution is 7.99. The molecule has 0 heterocycles. The quantitative estimate of drug-likeness (QED) is 0.769. The zero-order valence-electron chi connectivity index (χ0n) is 12.1. The van der Waals surface area contributed by atoms with Gasteiger partial charge in [-0.25, -0.2) is 0 Å². The number of amides is 2. The van der Waals surface area contributed by atoms with Gasteiger partial charge in [0.05, 0.1) is 12.3 Å². The van der Waals surface area contributed by atoms with Crippen LogP contribution in [0.2, 0.25) is 0 Å². The molecule has 0 unspecified atom stereocenters. The molecular formula is C15H22N2O2S. The molecule has 0 saturated heterocycles. The summed E-state index contributed by atoms with van der Waals surface area (Å²) in [5, 5.41) is 5.33. The highest BCUT2D eigenvalue weighted by Gasteiger charge is 2.05. The second-order valence-corrected chi connectivity index (χ2v) is 5.59. The number of hydrogen-bond acceptors (Lipinski definition) is 3. The third-order valence-electron chi connectivity index (χ3n) is 2.60. The van der Waals surface area contributed by atoms with E-state index in [4.69, 9.17) is 0 Å². The Morgan fingerprint density at radius 1 is 1.20 bits per heavy atom. The van der Waals surface area contributed by atoms with Crippen molar-refractivity contribution in [3.8, 4) is 0 Å². The van der Waals surface area contributed by atoms with E-state index in [-0.39, 0.29) is 18.4 Å². The van der Waals surface area contributed by atoms with Crippen molar-refractivity contribution >= 4 is 23.6 Å². The van der Waals surface area contributed by atoms with E-state index in [1.54, 1.807) is 11.8 Å². The number of thioether (sulfide) groups is 1. The monoisotopic (exact) mass is 294 g/mol. The molecule has 0 aliphatic carbocycles. The number of rotatable bonds is 8. The van der Waals surface area contributed by atoms with Gasteiger partial charge in [-0.2, -0.15) is 0 Å². The molecule has 1 aromatic carbocycles. The number of nitrogens with one attached hydrogen (secondary N) is 2. The van der Waals surface area contributed by atoms with Crippen molar-refractivity contribution in [1.82, 2.24) is 10.6 Å². The van der Waals surface area contributed by atoms with Crippen molar-refractivity contribution < 1.29 is 9.59 Å². The molecule has 0 aliphatic rings. The minimum atomic E-state index is -0.135. The van der Waals surface area contributed by atoms with Gasteiger partial charge in [0.15, 0.2) is 0 Å². The predicted octanol–water partition coefficient (Wildman–Crippen LogP) is 1.87. The standard InChI is InChI=1S/C15H22N2O2S/c1-3-7-16-14(18)9-17-15(19)11-20-10-13-6-4-5-12(2)8-13/h4-6,8H,3,7,9-11H2,1-2H3,(H,16,18)(H,17,19). The maximum atomic E-state index is 11.6. The van der Waals surface area contributed by atoms with Crippen LogP contribution in [0.15, 0.2) is 24.3 Å². The van der Waals surface area contributed by atoms with E-state index in [9.17, 15) is 9.59 Å². The number of aryl methyl sites for hydroxylation is 1. The lowest BCUT2D eigenvalue weighted by molar-refractivity contribution is -0.124. The largest absolute Gasteiger partial charge is 0.355 e. The van der Waals surface area contributed by atoms with Gasteiger partial charge in [-0.05, 0) is 18.9 Å². The van der Waals surface area contributed by atoms with Crippen LogP contribution in [0.5, 0.6) is 0 Å². The molecule has 0 atom stereocenters. The summed E-state index contributed by atoms with van der Waals surface area (Å²) in [5.41, 5.74) is 2.43. The number of hydrogen-bond donors (Lipinski definition) is 2. The average Bonchev–Trinajstić information content (AvgIpc) is 2.43. The molecule has 1 aromatic rings. The van der Waals surface area contributed by atoms with Crippen molar-refractivity contribution in [2.45, 2.75) is 26.0 Å². The summed E-state index contributed by atoms with van der Waals surface area (Å²) in [4.78, 5) is 22.9. The van der Waals surface area contributed by atoms with E-state index < -0.39 is 0 Å². The second-order valence-electron chi connectivity index (χ2n) is 4.61. The number of benzene rings is 1. The second kappa shape index (κ2) is 9.42. The van der Waals surface area contributed by atoms with Gasteiger partial charge in [0.2, 0.25) is 11.8 Å². The average molecular weight is 294 g/mol. The summed E-state index contributed by atoms with van der Waals surface area (Å²) in [5.74, 6) is 0.935. The first-order valence-electron chi connectivity index (χ1n) is 6.78. The zero-order valence-corrected chi connectivity index (χ0v) is 12.9. The summed E-state index contributed by atoms with van der Waals surface area (Å²) in [6, 6.07) is 8.23. The third-order valence-corrected chi connectivity index (χ3v) is 3.61. The van der Waals surface area contributed by atoms with Crippen LogP contribution in [0.3, 0.4) is 0 Å². The molecule has 2 N–H and O–H groups in total. The van der Waals surface area contributed by atoms with Gasteiger partial charge in [-0.1, -0.05) is 36.8 Å². The van der Waals surface area contributed by atoms with Crippen LogP contribution >= 0.6 is 11.8 Å². The van der Waals surface area contributed by atoms with Crippen LogP contribution in [-0.2, 0) is 15.3 Å². The topological polar surface area (TPSA) is 58.2 Å². The molecule has 0 bridgehead atoms. The summed E-state index contributed by atoms with van der Waals surface area (Å²) in [6.45, 7) is 4.75. The fourth-order valence-corrected chi connectivity index (χ4v) is 2.43. The Labute approximate surface area is 124 Å². The Morgan fingerprint density at radius 3 is 2.70 bits per heavy atom. The van der Waals surface area contributed by atoms with Gasteiger partial charge in [0.25, 0.3) is 0 Å². The van der Waals surface area contributed by atoms with Crippen LogP contribution < -0.4 is 10.6 Å². The Balaban J connectivity index is 2.15. The van der Waals surface area contributed by atoms with E-state index >= 15 is 0 Å². The number of carbonyl (C=O) groups is 2. The molecule has 0 saturated carbocycles. The van der Waals surface area contributed by atoms with Gasteiger partial charge >= 0.3 is 0 Å². The van der Waals surface area contributed by atoms with E-state index in [1.165, 1.54) is 11.1 Å². The molecule has 0 aliphatic heterocycles. The fourth-order valence-electron chi connectivity index (χ4n) is 1.62. The first kappa shape index (κ1) is 16.6. The molecular weight excluding hydrogens is 272 g/mol. The third kappa shape index (κ3) is 7.19. The lowest BCUT2D eigenvalue weighted by Gasteiger charge is -2.06. The van der Waals surface area contributed by atoms with E-state index in [0.29, 0.717) is 12.3 Å². The van der Waals surface area contributed by atoms with E-state index in [2.05, 4.69) is 35.8 Å². The van der Waals surface area contributed by atoms with Crippen LogP contribution in [0.4, 0.5) is 0 Å². The first-order chi connectivity index (χ1) is 9.61. The molecule has 5 heteroatoms. The summed E-state index contributed by atoms with van der Waals surface area (Å²) in [7, 11) is 0. The van der Waals surface area contributed by atoms with E-state index in [1.807, 2.05) is 13.0 Å².